The van der Waals surface area contributed by atoms with E-state index in [1.807, 2.05) is 0 Å². The summed E-state index contributed by atoms with van der Waals surface area (Å²) < 4.78 is 61.7. The minimum absolute atomic E-state index is 0.00220. The number of hydrogen-bond acceptors (Lipinski definition) is 5. The first-order valence-corrected chi connectivity index (χ1v) is 8.66. The molecule has 19 heavy (non-hydrogen) atoms. The lowest BCUT2D eigenvalue weighted by Gasteiger charge is -2.09. The van der Waals surface area contributed by atoms with Crippen molar-refractivity contribution in [2.45, 2.75) is 22.8 Å². The molecule has 0 amide bonds. The van der Waals surface area contributed by atoms with Crippen LogP contribution >= 0.6 is 0 Å². The molecule has 1 aromatic carbocycles. The van der Waals surface area contributed by atoms with Gasteiger partial charge in [-0.25, -0.2) is 25.9 Å². The summed E-state index contributed by atoms with van der Waals surface area (Å²) in [7, 11) is -7.64. The molecule has 6 nitrogen and oxygen atoms in total. The Morgan fingerprint density at radius 2 is 1.89 bits per heavy atom. The molecule has 3 N–H and O–H groups in total. The van der Waals surface area contributed by atoms with E-state index in [4.69, 9.17) is 5.73 Å². The maximum Gasteiger partial charge on any atom is 0.240 e. The number of sulfone groups is 1. The highest BCUT2D eigenvalue weighted by atomic mass is 32.2. The minimum Gasteiger partial charge on any atom is -0.327 e. The lowest BCUT2D eigenvalue weighted by molar-refractivity contribution is 0.558. The molecule has 0 spiro atoms. The van der Waals surface area contributed by atoms with E-state index in [1.54, 1.807) is 6.92 Å². The summed E-state index contributed by atoms with van der Waals surface area (Å²) in [6, 6.07) is 2.23. The second-order valence-corrected chi connectivity index (χ2v) is 7.94. The molecule has 108 valence electrons. The predicted octanol–water partition coefficient (Wildman–Crippen LogP) is -0.145. The highest BCUT2D eigenvalue weighted by Crippen LogP contribution is 2.18. The van der Waals surface area contributed by atoms with Gasteiger partial charge in [-0.1, -0.05) is 0 Å². The smallest absolute Gasteiger partial charge is 0.240 e. The third-order valence-electron chi connectivity index (χ3n) is 2.21. The van der Waals surface area contributed by atoms with Crippen molar-refractivity contribution in [3.05, 3.63) is 24.0 Å². The Hall–Kier alpha value is -1.03. The Kier molecular flexibility index (Phi) is 4.67. The molecule has 0 fully saturated rings. The van der Waals surface area contributed by atoms with Gasteiger partial charge in [-0.3, -0.25) is 0 Å². The Bertz CT molecular complexity index is 669. The van der Waals surface area contributed by atoms with Crippen LogP contribution < -0.4 is 10.5 Å². The van der Waals surface area contributed by atoms with Crippen LogP contribution in [0.15, 0.2) is 28.0 Å². The van der Waals surface area contributed by atoms with Gasteiger partial charge in [0, 0.05) is 18.8 Å². The summed E-state index contributed by atoms with van der Waals surface area (Å²) in [6.07, 6.45) is 0.841. The van der Waals surface area contributed by atoms with Crippen LogP contribution in [0.3, 0.4) is 0 Å². The van der Waals surface area contributed by atoms with Crippen molar-refractivity contribution in [3.8, 4) is 0 Å². The lowest BCUT2D eigenvalue weighted by Crippen LogP contribution is -2.35. The molecule has 1 rings (SSSR count). The van der Waals surface area contributed by atoms with E-state index < -0.39 is 36.6 Å². The molecule has 0 unspecified atom stereocenters. The summed E-state index contributed by atoms with van der Waals surface area (Å²) in [6.45, 7) is 1.60. The van der Waals surface area contributed by atoms with Gasteiger partial charge in [-0.2, -0.15) is 0 Å². The Morgan fingerprint density at radius 3 is 2.32 bits per heavy atom. The van der Waals surface area contributed by atoms with E-state index in [9.17, 15) is 21.2 Å². The molecular weight excluding hydrogens is 295 g/mol. The van der Waals surface area contributed by atoms with Crippen molar-refractivity contribution in [1.82, 2.24) is 4.72 Å². The molecule has 0 aliphatic carbocycles. The van der Waals surface area contributed by atoms with Gasteiger partial charge in [0.05, 0.1) is 4.90 Å². The highest BCUT2D eigenvalue weighted by molar-refractivity contribution is 7.90. The van der Waals surface area contributed by atoms with Crippen LogP contribution in [0, 0.1) is 5.82 Å². The SMILES string of the molecule is C[C@@H](N)CNS(=O)(=O)c1ccc(S(C)(=O)=O)c(F)c1. The van der Waals surface area contributed by atoms with Crippen LogP contribution in [0.1, 0.15) is 6.92 Å². The first kappa shape index (κ1) is 16.0. The van der Waals surface area contributed by atoms with Crippen molar-refractivity contribution >= 4 is 19.9 Å². The fourth-order valence-electron chi connectivity index (χ4n) is 1.27. The number of sulfonamides is 1. The van der Waals surface area contributed by atoms with E-state index in [0.29, 0.717) is 6.07 Å². The first-order valence-electron chi connectivity index (χ1n) is 5.29. The molecule has 0 bridgehead atoms. The topological polar surface area (TPSA) is 106 Å². The van der Waals surface area contributed by atoms with Gasteiger partial charge in [-0.05, 0) is 25.1 Å². The largest absolute Gasteiger partial charge is 0.327 e. The van der Waals surface area contributed by atoms with Crippen LogP contribution in [0.4, 0.5) is 4.39 Å². The highest BCUT2D eigenvalue weighted by Gasteiger charge is 2.19. The van der Waals surface area contributed by atoms with E-state index in [0.717, 1.165) is 18.4 Å². The summed E-state index contributed by atoms with van der Waals surface area (Å²) in [5, 5.41) is 0. The second-order valence-electron chi connectivity index (χ2n) is 4.19. The van der Waals surface area contributed by atoms with Gasteiger partial charge < -0.3 is 5.73 Å². The average molecular weight is 310 g/mol. The zero-order valence-electron chi connectivity index (χ0n) is 10.4. The molecule has 0 radical (unpaired) electrons. The molecule has 0 heterocycles. The maximum absolute atomic E-state index is 13.6. The summed E-state index contributed by atoms with van der Waals surface area (Å²) in [4.78, 5) is -0.892. The van der Waals surface area contributed by atoms with Crippen molar-refractivity contribution in [1.29, 1.82) is 0 Å². The zero-order valence-corrected chi connectivity index (χ0v) is 12.1. The number of rotatable bonds is 5. The Morgan fingerprint density at radius 1 is 1.32 bits per heavy atom. The quantitative estimate of drug-likeness (QED) is 0.787. The van der Waals surface area contributed by atoms with E-state index in [2.05, 4.69) is 4.72 Å². The van der Waals surface area contributed by atoms with Crippen LogP contribution in [0.2, 0.25) is 0 Å². The minimum atomic E-state index is -3.90. The standard InChI is InChI=1S/C10H15FN2O4S2/c1-7(12)6-13-19(16,17)8-3-4-10(9(11)5-8)18(2,14)15/h3-5,7,13H,6,12H2,1-2H3/t7-/m1/s1. The van der Waals surface area contributed by atoms with Gasteiger partial charge in [-0.15, -0.1) is 0 Å². The summed E-state index contributed by atoms with van der Waals surface area (Å²) in [5.74, 6) is -1.11. The Balaban J connectivity index is 3.15. The molecule has 1 aromatic rings. The molecule has 0 aliphatic rings. The van der Waals surface area contributed by atoms with Gasteiger partial charge in [0.15, 0.2) is 9.84 Å². The van der Waals surface area contributed by atoms with Crippen molar-refractivity contribution < 1.29 is 21.2 Å². The fraction of sp³-hybridized carbons (Fsp3) is 0.400. The normalized spacial score (nSPS) is 14.3. The van der Waals surface area contributed by atoms with Crippen molar-refractivity contribution in [2.75, 3.05) is 12.8 Å². The van der Waals surface area contributed by atoms with E-state index >= 15 is 0 Å². The number of benzene rings is 1. The Labute approximate surface area is 111 Å². The molecule has 0 saturated heterocycles. The molecule has 0 saturated carbocycles. The first-order chi connectivity index (χ1) is 8.54. The molecule has 1 atom stereocenters. The van der Waals surface area contributed by atoms with Crippen molar-refractivity contribution in [2.24, 2.45) is 5.73 Å². The van der Waals surface area contributed by atoms with Gasteiger partial charge in [0.2, 0.25) is 10.0 Å². The number of nitrogens with one attached hydrogen (secondary N) is 1. The predicted molar refractivity (Wildman–Crippen MR) is 68.3 cm³/mol. The second kappa shape index (κ2) is 5.53. The molecule has 0 aliphatic heterocycles. The average Bonchev–Trinajstić information content (AvgIpc) is 2.24. The van der Waals surface area contributed by atoms with Crippen molar-refractivity contribution in [3.63, 3.8) is 0 Å². The molecular formula is C10H15FN2O4S2. The van der Waals surface area contributed by atoms with Crippen LogP contribution in [0.5, 0.6) is 0 Å². The molecule has 9 heteroatoms. The van der Waals surface area contributed by atoms with Crippen LogP contribution in [-0.4, -0.2) is 35.7 Å². The van der Waals surface area contributed by atoms with E-state index in [1.165, 1.54) is 0 Å². The maximum atomic E-state index is 13.6. The lowest BCUT2D eigenvalue weighted by atomic mass is 10.3. The summed E-state index contributed by atoms with van der Waals surface area (Å²) >= 11 is 0. The van der Waals surface area contributed by atoms with Gasteiger partial charge in [0.1, 0.15) is 10.7 Å². The summed E-state index contributed by atoms with van der Waals surface area (Å²) in [5.41, 5.74) is 5.41. The number of nitrogens with two attached hydrogens (primary N) is 1. The van der Waals surface area contributed by atoms with E-state index in [-0.39, 0.29) is 11.4 Å². The third-order valence-corrected chi connectivity index (χ3v) is 4.76. The fourth-order valence-corrected chi connectivity index (χ4v) is 3.16. The van der Waals surface area contributed by atoms with Crippen LogP contribution in [0.25, 0.3) is 0 Å². The zero-order chi connectivity index (χ0) is 14.8. The van der Waals surface area contributed by atoms with Gasteiger partial charge >= 0.3 is 0 Å². The number of halogens is 1. The third kappa shape index (κ3) is 4.23. The molecule has 0 aromatic heterocycles. The van der Waals surface area contributed by atoms with Crippen LogP contribution in [-0.2, 0) is 19.9 Å². The van der Waals surface area contributed by atoms with Gasteiger partial charge in [0.25, 0.3) is 0 Å². The monoisotopic (exact) mass is 310 g/mol. The number of hydrogen-bond donors (Lipinski definition) is 2.